The lowest BCUT2D eigenvalue weighted by molar-refractivity contribution is -0.114. The van der Waals surface area contributed by atoms with Gasteiger partial charge in [0.25, 0.3) is 11.8 Å². The van der Waals surface area contributed by atoms with Crippen LogP contribution in [0, 0.1) is 5.82 Å². The van der Waals surface area contributed by atoms with Crippen molar-refractivity contribution in [3.8, 4) is 0 Å². The number of thioether (sulfide) groups is 1. The molecular weight excluding hydrogens is 557 g/mol. The highest BCUT2D eigenvalue weighted by Gasteiger charge is 2.30. The SMILES string of the molecule is O=C(c1ccc(C=C2Sc3ccccc3N(Cc3ccccc3F)C2=O)cc1)N1CCN(c2ccc(Cl)cc2)CC1. The van der Waals surface area contributed by atoms with E-state index in [0.717, 1.165) is 34.9 Å². The van der Waals surface area contributed by atoms with Crippen LogP contribution in [0.1, 0.15) is 21.5 Å². The molecule has 4 aromatic rings. The summed E-state index contributed by atoms with van der Waals surface area (Å²) in [5.41, 5.74) is 3.75. The molecule has 0 bridgehead atoms. The Balaban J connectivity index is 1.16. The number of para-hydroxylation sites is 1. The maximum atomic E-state index is 14.4. The number of carbonyl (C=O) groups is 2. The quantitative estimate of drug-likeness (QED) is 0.235. The number of hydrogen-bond acceptors (Lipinski definition) is 4. The second-order valence-electron chi connectivity index (χ2n) is 9.94. The standard InChI is InChI=1S/C33H27ClFN3O2S/c34-26-13-15-27(16-14-26)36-17-19-37(20-18-36)32(39)24-11-9-23(10-12-24)21-31-33(40)38(22-25-5-1-2-6-28(25)35)29-7-3-4-8-30(29)41-31/h1-16,21H,17-20,22H2. The van der Waals surface area contributed by atoms with Crippen LogP contribution in [0.15, 0.2) is 107 Å². The van der Waals surface area contributed by atoms with Gasteiger partial charge in [-0.15, -0.1) is 0 Å². The van der Waals surface area contributed by atoms with Crippen LogP contribution in [0.4, 0.5) is 15.8 Å². The smallest absolute Gasteiger partial charge is 0.265 e. The van der Waals surface area contributed by atoms with E-state index in [-0.39, 0.29) is 24.2 Å². The number of rotatable bonds is 5. The third kappa shape index (κ3) is 5.87. The van der Waals surface area contributed by atoms with Gasteiger partial charge in [-0.1, -0.05) is 65.8 Å². The molecule has 1 saturated heterocycles. The molecule has 6 rings (SSSR count). The zero-order valence-corrected chi connectivity index (χ0v) is 23.7. The van der Waals surface area contributed by atoms with Gasteiger partial charge in [-0.25, -0.2) is 4.39 Å². The molecule has 8 heteroatoms. The molecule has 4 aromatic carbocycles. The predicted octanol–water partition coefficient (Wildman–Crippen LogP) is 7.12. The minimum absolute atomic E-state index is 0.00642. The first kappa shape index (κ1) is 27.1. The molecule has 2 aliphatic rings. The number of piperazine rings is 1. The van der Waals surface area contributed by atoms with E-state index >= 15 is 0 Å². The Labute approximate surface area is 247 Å². The highest BCUT2D eigenvalue weighted by Crippen LogP contribution is 2.42. The maximum absolute atomic E-state index is 14.4. The fraction of sp³-hybridized carbons (Fsp3) is 0.152. The highest BCUT2D eigenvalue weighted by molar-refractivity contribution is 8.04. The molecule has 2 amide bonds. The van der Waals surface area contributed by atoms with Crippen LogP contribution in [-0.4, -0.2) is 42.9 Å². The molecular formula is C33H27ClFN3O2S. The summed E-state index contributed by atoms with van der Waals surface area (Å²) < 4.78 is 14.4. The van der Waals surface area contributed by atoms with Gasteiger partial charge in [0.05, 0.1) is 17.1 Å². The summed E-state index contributed by atoms with van der Waals surface area (Å²) >= 11 is 7.41. The molecule has 0 aliphatic carbocycles. The van der Waals surface area contributed by atoms with E-state index in [1.807, 2.05) is 83.8 Å². The van der Waals surface area contributed by atoms with Gasteiger partial charge < -0.3 is 14.7 Å². The van der Waals surface area contributed by atoms with Crippen molar-refractivity contribution in [2.45, 2.75) is 11.4 Å². The minimum Gasteiger partial charge on any atom is -0.368 e. The number of carbonyl (C=O) groups excluding carboxylic acids is 2. The topological polar surface area (TPSA) is 43.9 Å². The second kappa shape index (κ2) is 11.8. The molecule has 0 unspecified atom stereocenters. The lowest BCUT2D eigenvalue weighted by Crippen LogP contribution is -2.48. The van der Waals surface area contributed by atoms with Gasteiger partial charge in [0, 0.05) is 52.9 Å². The van der Waals surface area contributed by atoms with Gasteiger partial charge in [-0.3, -0.25) is 9.59 Å². The van der Waals surface area contributed by atoms with E-state index in [2.05, 4.69) is 4.90 Å². The van der Waals surface area contributed by atoms with E-state index < -0.39 is 0 Å². The van der Waals surface area contributed by atoms with Crippen molar-refractivity contribution in [3.63, 3.8) is 0 Å². The Kier molecular flexibility index (Phi) is 7.81. The predicted molar refractivity (Wildman–Crippen MR) is 164 cm³/mol. The third-order valence-electron chi connectivity index (χ3n) is 7.33. The van der Waals surface area contributed by atoms with Crippen molar-refractivity contribution in [1.82, 2.24) is 4.90 Å². The zero-order valence-electron chi connectivity index (χ0n) is 22.2. The van der Waals surface area contributed by atoms with Gasteiger partial charge in [0.2, 0.25) is 0 Å². The summed E-state index contributed by atoms with van der Waals surface area (Å²) in [4.78, 5) is 34.0. The Hall–Kier alpha value is -4.07. The molecule has 0 spiro atoms. The van der Waals surface area contributed by atoms with Crippen molar-refractivity contribution < 1.29 is 14.0 Å². The molecule has 0 saturated carbocycles. The summed E-state index contributed by atoms with van der Waals surface area (Å²) in [7, 11) is 0. The monoisotopic (exact) mass is 583 g/mol. The Morgan fingerprint density at radius 3 is 2.27 bits per heavy atom. The van der Waals surface area contributed by atoms with E-state index in [9.17, 15) is 14.0 Å². The fourth-order valence-electron chi connectivity index (χ4n) is 5.09. The molecule has 0 N–H and O–H groups in total. The van der Waals surface area contributed by atoms with Gasteiger partial charge in [0.1, 0.15) is 5.82 Å². The number of benzene rings is 4. The van der Waals surface area contributed by atoms with Crippen molar-refractivity contribution in [2.24, 2.45) is 0 Å². The number of fused-ring (bicyclic) bond motifs is 1. The average Bonchev–Trinajstić information content (AvgIpc) is 3.01. The average molecular weight is 584 g/mol. The molecule has 2 aliphatic heterocycles. The van der Waals surface area contributed by atoms with E-state index in [0.29, 0.717) is 34.1 Å². The Morgan fingerprint density at radius 2 is 1.54 bits per heavy atom. The Morgan fingerprint density at radius 1 is 0.854 bits per heavy atom. The first-order chi connectivity index (χ1) is 20.0. The van der Waals surface area contributed by atoms with Gasteiger partial charge in [-0.05, 0) is 66.2 Å². The second-order valence-corrected chi connectivity index (χ2v) is 11.5. The summed E-state index contributed by atoms with van der Waals surface area (Å²) in [5, 5.41) is 0.706. The van der Waals surface area contributed by atoms with Gasteiger partial charge in [0.15, 0.2) is 0 Å². The van der Waals surface area contributed by atoms with Crippen LogP contribution < -0.4 is 9.80 Å². The van der Waals surface area contributed by atoms with Crippen LogP contribution in [-0.2, 0) is 11.3 Å². The van der Waals surface area contributed by atoms with Crippen LogP contribution in [0.3, 0.4) is 0 Å². The lowest BCUT2D eigenvalue weighted by Gasteiger charge is -2.36. The van der Waals surface area contributed by atoms with Gasteiger partial charge >= 0.3 is 0 Å². The van der Waals surface area contributed by atoms with Crippen LogP contribution in [0.5, 0.6) is 0 Å². The molecule has 0 atom stereocenters. The molecule has 0 radical (unpaired) electrons. The zero-order chi connectivity index (χ0) is 28.3. The van der Waals surface area contributed by atoms with Crippen LogP contribution in [0.2, 0.25) is 5.02 Å². The molecule has 2 heterocycles. The summed E-state index contributed by atoms with van der Waals surface area (Å²) in [6.07, 6.45) is 1.83. The molecule has 5 nitrogen and oxygen atoms in total. The summed E-state index contributed by atoms with van der Waals surface area (Å²) in [6, 6.07) is 29.3. The number of halogens is 2. The first-order valence-corrected chi connectivity index (χ1v) is 14.6. The van der Waals surface area contributed by atoms with Gasteiger partial charge in [-0.2, -0.15) is 0 Å². The number of amides is 2. The van der Waals surface area contributed by atoms with Crippen LogP contribution in [0.25, 0.3) is 6.08 Å². The maximum Gasteiger partial charge on any atom is 0.265 e. The Bertz CT molecular complexity index is 1620. The molecule has 0 aromatic heterocycles. The highest BCUT2D eigenvalue weighted by atomic mass is 35.5. The van der Waals surface area contributed by atoms with E-state index in [4.69, 9.17) is 11.6 Å². The third-order valence-corrected chi connectivity index (χ3v) is 8.66. The molecule has 41 heavy (non-hydrogen) atoms. The van der Waals surface area contributed by atoms with Crippen molar-refractivity contribution in [3.05, 3.63) is 129 Å². The summed E-state index contributed by atoms with van der Waals surface area (Å²) in [6.45, 7) is 2.91. The summed E-state index contributed by atoms with van der Waals surface area (Å²) in [5.74, 6) is -0.531. The van der Waals surface area contributed by atoms with Crippen LogP contribution >= 0.6 is 23.4 Å². The minimum atomic E-state index is -0.340. The molecule has 206 valence electrons. The van der Waals surface area contributed by atoms with Crippen molar-refractivity contribution >= 4 is 52.6 Å². The fourth-order valence-corrected chi connectivity index (χ4v) is 6.28. The van der Waals surface area contributed by atoms with Crippen molar-refractivity contribution in [2.75, 3.05) is 36.0 Å². The van der Waals surface area contributed by atoms with Crippen molar-refractivity contribution in [1.29, 1.82) is 0 Å². The number of nitrogens with zero attached hydrogens (tertiary/aromatic N) is 3. The lowest BCUT2D eigenvalue weighted by atomic mass is 10.1. The molecule has 1 fully saturated rings. The number of hydrogen-bond donors (Lipinski definition) is 0. The van der Waals surface area contributed by atoms with E-state index in [1.165, 1.54) is 17.8 Å². The largest absolute Gasteiger partial charge is 0.368 e. The van der Waals surface area contributed by atoms with E-state index in [1.54, 1.807) is 23.1 Å². The first-order valence-electron chi connectivity index (χ1n) is 13.4. The normalized spacial score (nSPS) is 16.2. The number of anilines is 2.